The maximum atomic E-state index is 12.4. The molecular weight excluding hydrogens is 272 g/mol. The quantitative estimate of drug-likeness (QED) is 0.769. The standard InChI is InChI=1S/C14H24N4O3/c1-10-12(11(2)17(5)15-10)8-13(19)18(9-14(20)21)7-6-16(3)4/h6-9H2,1-5H3,(H,20,21). The Labute approximate surface area is 125 Å². The van der Waals surface area contributed by atoms with E-state index >= 15 is 0 Å². The molecule has 0 radical (unpaired) electrons. The highest BCUT2D eigenvalue weighted by Crippen LogP contribution is 2.13. The van der Waals surface area contributed by atoms with Gasteiger partial charge in [0.25, 0.3) is 0 Å². The molecule has 1 rings (SSSR count). The number of nitrogens with zero attached hydrogens (tertiary/aromatic N) is 4. The molecule has 1 amide bonds. The zero-order valence-corrected chi connectivity index (χ0v) is 13.4. The van der Waals surface area contributed by atoms with Crippen molar-refractivity contribution in [1.82, 2.24) is 19.6 Å². The minimum Gasteiger partial charge on any atom is -0.480 e. The number of hydrogen-bond acceptors (Lipinski definition) is 4. The molecule has 21 heavy (non-hydrogen) atoms. The SMILES string of the molecule is Cc1nn(C)c(C)c1CC(=O)N(CCN(C)C)CC(=O)O. The highest BCUT2D eigenvalue weighted by molar-refractivity contribution is 5.83. The van der Waals surface area contributed by atoms with Gasteiger partial charge in [0, 0.05) is 31.4 Å². The van der Waals surface area contributed by atoms with E-state index in [1.165, 1.54) is 4.90 Å². The molecule has 1 heterocycles. The molecule has 1 aromatic heterocycles. The van der Waals surface area contributed by atoms with Crippen LogP contribution in [0.15, 0.2) is 0 Å². The Morgan fingerprint density at radius 2 is 1.86 bits per heavy atom. The third kappa shape index (κ3) is 4.86. The van der Waals surface area contributed by atoms with Crippen LogP contribution in [0.3, 0.4) is 0 Å². The lowest BCUT2D eigenvalue weighted by atomic mass is 10.1. The second-order valence-corrected chi connectivity index (χ2v) is 5.46. The average molecular weight is 296 g/mol. The summed E-state index contributed by atoms with van der Waals surface area (Å²) < 4.78 is 1.74. The molecule has 0 fully saturated rings. The van der Waals surface area contributed by atoms with Crippen LogP contribution in [-0.2, 0) is 23.1 Å². The maximum Gasteiger partial charge on any atom is 0.323 e. The summed E-state index contributed by atoms with van der Waals surface area (Å²) in [4.78, 5) is 26.6. The number of hydrogen-bond donors (Lipinski definition) is 1. The zero-order valence-electron chi connectivity index (χ0n) is 13.4. The molecule has 1 aromatic rings. The van der Waals surface area contributed by atoms with Gasteiger partial charge in [0.2, 0.25) is 5.91 Å². The molecule has 0 aliphatic heterocycles. The highest BCUT2D eigenvalue weighted by atomic mass is 16.4. The Balaban J connectivity index is 2.82. The molecule has 7 heteroatoms. The fourth-order valence-corrected chi connectivity index (χ4v) is 2.11. The summed E-state index contributed by atoms with van der Waals surface area (Å²) in [5.74, 6) is -1.18. The van der Waals surface area contributed by atoms with E-state index in [9.17, 15) is 9.59 Å². The van der Waals surface area contributed by atoms with E-state index in [1.807, 2.05) is 39.9 Å². The smallest absolute Gasteiger partial charge is 0.323 e. The van der Waals surface area contributed by atoms with Gasteiger partial charge < -0.3 is 14.9 Å². The first-order chi connectivity index (χ1) is 9.72. The van der Waals surface area contributed by atoms with Gasteiger partial charge in [-0.15, -0.1) is 0 Å². The van der Waals surface area contributed by atoms with E-state index in [0.29, 0.717) is 13.1 Å². The van der Waals surface area contributed by atoms with E-state index in [4.69, 9.17) is 5.11 Å². The number of aryl methyl sites for hydroxylation is 2. The summed E-state index contributed by atoms with van der Waals surface area (Å²) in [7, 11) is 5.61. The van der Waals surface area contributed by atoms with Crippen LogP contribution in [-0.4, -0.2) is 70.3 Å². The summed E-state index contributed by atoms with van der Waals surface area (Å²) in [6.07, 6.45) is 0.187. The van der Waals surface area contributed by atoms with Crippen molar-refractivity contribution in [3.05, 3.63) is 17.0 Å². The molecule has 118 valence electrons. The lowest BCUT2D eigenvalue weighted by molar-refractivity contribution is -0.144. The molecule has 0 bridgehead atoms. The summed E-state index contributed by atoms with van der Waals surface area (Å²) in [6.45, 7) is 4.52. The first kappa shape index (κ1) is 17.2. The summed E-state index contributed by atoms with van der Waals surface area (Å²) >= 11 is 0. The predicted molar refractivity (Wildman–Crippen MR) is 79.2 cm³/mol. The van der Waals surface area contributed by atoms with E-state index in [1.54, 1.807) is 4.68 Å². The molecule has 0 atom stereocenters. The minimum atomic E-state index is -0.998. The number of aliphatic carboxylic acids is 1. The summed E-state index contributed by atoms with van der Waals surface area (Å²) in [6, 6.07) is 0. The highest BCUT2D eigenvalue weighted by Gasteiger charge is 2.20. The zero-order chi connectivity index (χ0) is 16.2. The normalized spacial score (nSPS) is 11.0. The Bertz CT molecular complexity index is 523. The topological polar surface area (TPSA) is 78.7 Å². The van der Waals surface area contributed by atoms with E-state index in [0.717, 1.165) is 17.0 Å². The van der Waals surface area contributed by atoms with Crippen molar-refractivity contribution in [2.45, 2.75) is 20.3 Å². The van der Waals surface area contributed by atoms with Crippen molar-refractivity contribution in [3.63, 3.8) is 0 Å². The van der Waals surface area contributed by atoms with Crippen LogP contribution in [0.2, 0.25) is 0 Å². The average Bonchev–Trinajstić information content (AvgIpc) is 2.60. The molecule has 7 nitrogen and oxygen atoms in total. The molecule has 1 N–H and O–H groups in total. The van der Waals surface area contributed by atoms with E-state index in [-0.39, 0.29) is 18.9 Å². The number of carbonyl (C=O) groups is 2. The fraction of sp³-hybridized carbons (Fsp3) is 0.643. The third-order valence-corrected chi connectivity index (χ3v) is 3.48. The van der Waals surface area contributed by atoms with Crippen LogP contribution in [0.1, 0.15) is 17.0 Å². The van der Waals surface area contributed by atoms with Gasteiger partial charge in [0.15, 0.2) is 0 Å². The van der Waals surface area contributed by atoms with Crippen LogP contribution in [0.4, 0.5) is 0 Å². The molecule has 0 aromatic carbocycles. The van der Waals surface area contributed by atoms with Crippen LogP contribution in [0, 0.1) is 13.8 Å². The lowest BCUT2D eigenvalue weighted by Gasteiger charge is -2.22. The van der Waals surface area contributed by atoms with Crippen LogP contribution in [0.5, 0.6) is 0 Å². The Morgan fingerprint density at radius 1 is 1.24 bits per heavy atom. The number of amides is 1. The number of aromatic nitrogens is 2. The fourth-order valence-electron chi connectivity index (χ4n) is 2.11. The molecular formula is C14H24N4O3. The largest absolute Gasteiger partial charge is 0.480 e. The van der Waals surface area contributed by atoms with Crippen molar-refractivity contribution in [1.29, 1.82) is 0 Å². The number of likely N-dealkylation sites (N-methyl/N-ethyl adjacent to an activating group) is 1. The summed E-state index contributed by atoms with van der Waals surface area (Å²) in [5.41, 5.74) is 2.62. The van der Waals surface area contributed by atoms with Gasteiger partial charge in [0.05, 0.1) is 12.1 Å². The monoisotopic (exact) mass is 296 g/mol. The van der Waals surface area contributed by atoms with Crippen molar-refractivity contribution < 1.29 is 14.7 Å². The van der Waals surface area contributed by atoms with Gasteiger partial charge in [-0.1, -0.05) is 0 Å². The first-order valence-electron chi connectivity index (χ1n) is 6.85. The molecule has 0 saturated carbocycles. The molecule has 0 spiro atoms. The number of carbonyl (C=O) groups excluding carboxylic acids is 1. The number of carboxylic acid groups (broad SMARTS) is 1. The summed E-state index contributed by atoms with van der Waals surface area (Å²) in [5, 5.41) is 13.2. The Kier molecular flexibility index (Phi) is 5.90. The lowest BCUT2D eigenvalue weighted by Crippen LogP contribution is -2.40. The third-order valence-electron chi connectivity index (χ3n) is 3.48. The van der Waals surface area contributed by atoms with Crippen LogP contribution >= 0.6 is 0 Å². The molecule has 0 saturated heterocycles. The second kappa shape index (κ2) is 7.21. The van der Waals surface area contributed by atoms with Gasteiger partial charge in [-0.3, -0.25) is 14.3 Å². The first-order valence-corrected chi connectivity index (χ1v) is 6.85. The minimum absolute atomic E-state index is 0.182. The van der Waals surface area contributed by atoms with Crippen LogP contribution in [0.25, 0.3) is 0 Å². The Morgan fingerprint density at radius 3 is 2.29 bits per heavy atom. The van der Waals surface area contributed by atoms with Crippen molar-refractivity contribution in [2.24, 2.45) is 7.05 Å². The van der Waals surface area contributed by atoms with Crippen LogP contribution < -0.4 is 0 Å². The van der Waals surface area contributed by atoms with Crippen molar-refractivity contribution in [3.8, 4) is 0 Å². The molecule has 0 aliphatic carbocycles. The van der Waals surface area contributed by atoms with Crippen molar-refractivity contribution >= 4 is 11.9 Å². The molecule has 0 aliphatic rings. The van der Waals surface area contributed by atoms with E-state index in [2.05, 4.69) is 5.10 Å². The predicted octanol–water partition coefficient (Wildman–Crippen LogP) is 0.0542. The van der Waals surface area contributed by atoms with Gasteiger partial charge in [-0.05, 0) is 27.9 Å². The van der Waals surface area contributed by atoms with Gasteiger partial charge in [-0.25, -0.2) is 0 Å². The van der Waals surface area contributed by atoms with E-state index < -0.39 is 5.97 Å². The number of rotatable bonds is 7. The van der Waals surface area contributed by atoms with Gasteiger partial charge in [-0.2, -0.15) is 5.10 Å². The van der Waals surface area contributed by atoms with Gasteiger partial charge >= 0.3 is 5.97 Å². The Hall–Kier alpha value is -1.89. The molecule has 0 unspecified atom stereocenters. The van der Waals surface area contributed by atoms with Gasteiger partial charge in [0.1, 0.15) is 6.54 Å². The maximum absolute atomic E-state index is 12.4. The second-order valence-electron chi connectivity index (χ2n) is 5.46. The van der Waals surface area contributed by atoms with Crippen molar-refractivity contribution in [2.75, 3.05) is 33.7 Å². The number of carboxylic acids is 1.